The average Bonchev–Trinajstić information content (AvgIpc) is 3.06. The zero-order valence-electron chi connectivity index (χ0n) is 15.8. The summed E-state index contributed by atoms with van der Waals surface area (Å²) in [5, 5.41) is 0. The Morgan fingerprint density at radius 3 is 1.08 bits per heavy atom. The molecule has 25 heavy (non-hydrogen) atoms. The fraction of sp³-hybridized carbons (Fsp3) is 0.706. The van der Waals surface area contributed by atoms with Crippen LogP contribution in [0.15, 0.2) is 24.3 Å². The second kappa shape index (κ2) is 26.7. The first-order valence-corrected chi connectivity index (χ1v) is 12.0. The molecular weight excluding hydrogens is 467 g/mol. The Labute approximate surface area is 175 Å². The van der Waals surface area contributed by atoms with E-state index < -0.39 is 19.1 Å². The van der Waals surface area contributed by atoms with Gasteiger partial charge >= 0.3 is 80.0 Å². The molecule has 0 amide bonds. The number of nitrogens with one attached hydrogen (secondary N) is 3. The van der Waals surface area contributed by atoms with Crippen molar-refractivity contribution in [1.29, 1.82) is 0 Å². The second-order valence-corrected chi connectivity index (χ2v) is 8.28. The molecule has 3 N–H and O–H groups in total. The molecule has 0 saturated heterocycles. The number of rotatable bonds is 7. The van der Waals surface area contributed by atoms with Crippen LogP contribution in [0.4, 0.5) is 10.5 Å². The molecular formula is C17H34F3GeN3Zr. The Morgan fingerprint density at radius 2 is 1.00 bits per heavy atom. The molecule has 0 heterocycles. The van der Waals surface area contributed by atoms with Crippen LogP contribution in [0.25, 0.3) is 17.2 Å². The van der Waals surface area contributed by atoms with Crippen molar-refractivity contribution in [1.82, 2.24) is 0 Å². The summed E-state index contributed by atoms with van der Waals surface area (Å²) in [6.45, 7) is 8.06. The molecule has 0 aliphatic carbocycles. The van der Waals surface area contributed by atoms with E-state index in [1.54, 1.807) is 0 Å². The summed E-state index contributed by atoms with van der Waals surface area (Å²) in [6.07, 6.45) is 6.64. The van der Waals surface area contributed by atoms with Gasteiger partial charge in [0.25, 0.3) is 0 Å². The molecule has 1 rings (SSSR count). The van der Waals surface area contributed by atoms with Crippen LogP contribution in [0.3, 0.4) is 0 Å². The van der Waals surface area contributed by atoms with Crippen LogP contribution >= 0.6 is 0 Å². The molecule has 0 unspecified atom stereocenters. The molecule has 3 nitrogen and oxygen atoms in total. The van der Waals surface area contributed by atoms with Gasteiger partial charge in [0.05, 0.1) is 0 Å². The summed E-state index contributed by atoms with van der Waals surface area (Å²) in [5.74, 6) is 0. The van der Waals surface area contributed by atoms with Crippen LogP contribution in [-0.2, 0) is 26.2 Å². The molecule has 0 radical (unpaired) electrons. The number of unbranched alkanes of at least 4 members (excludes halogenated alkanes) is 3. The topological polar surface area (TPSA) is 71.4 Å². The first-order valence-electron chi connectivity index (χ1n) is 8.58. The Morgan fingerprint density at radius 1 is 0.720 bits per heavy atom. The van der Waals surface area contributed by atoms with Gasteiger partial charge in [-0.25, -0.2) is 0 Å². The smallest absolute Gasteiger partial charge is 4.00 e. The van der Waals surface area contributed by atoms with E-state index in [-0.39, 0.29) is 26.2 Å². The molecule has 1 aromatic rings. The Balaban J connectivity index is -0.000000122. The van der Waals surface area contributed by atoms with Crippen molar-refractivity contribution in [3.8, 4) is 0 Å². The summed E-state index contributed by atoms with van der Waals surface area (Å²) >= 11 is -5.94. The molecule has 0 fully saturated rings. The molecule has 8 heteroatoms. The zero-order chi connectivity index (χ0) is 19.3. The molecule has 0 atom stereocenters. The van der Waals surface area contributed by atoms with Gasteiger partial charge in [0, 0.05) is 0 Å². The van der Waals surface area contributed by atoms with E-state index in [2.05, 4.69) is 20.8 Å². The summed E-state index contributed by atoms with van der Waals surface area (Å²) in [7, 11) is 0. The van der Waals surface area contributed by atoms with Crippen LogP contribution in [0.2, 0.25) is 0 Å². The van der Waals surface area contributed by atoms with Crippen molar-refractivity contribution in [3.05, 3.63) is 41.5 Å². The number of hydrogen-bond acceptors (Lipinski definition) is 0. The van der Waals surface area contributed by atoms with Crippen molar-refractivity contribution in [2.45, 2.75) is 59.3 Å². The van der Waals surface area contributed by atoms with E-state index in [1.165, 1.54) is 12.1 Å². The van der Waals surface area contributed by atoms with Gasteiger partial charge in [-0.15, -0.1) is 0 Å². The predicted molar refractivity (Wildman–Crippen MR) is 103 cm³/mol. The molecule has 146 valence electrons. The first kappa shape index (κ1) is 33.1. The summed E-state index contributed by atoms with van der Waals surface area (Å²) in [4.78, 5) is 0. The average molecular weight is 501 g/mol. The minimum atomic E-state index is -5.94. The number of hydrogen-bond donors (Lipinski definition) is 0. The van der Waals surface area contributed by atoms with Crippen molar-refractivity contribution in [3.63, 3.8) is 0 Å². The van der Waals surface area contributed by atoms with Crippen molar-refractivity contribution in [2.24, 2.45) is 0 Å². The van der Waals surface area contributed by atoms with E-state index >= 15 is 0 Å². The molecule has 0 saturated carbocycles. The summed E-state index contributed by atoms with van der Waals surface area (Å²) in [5.41, 5.74) is 19.8. The third kappa shape index (κ3) is 32.6. The molecule has 1 aromatic carbocycles. The van der Waals surface area contributed by atoms with Crippen LogP contribution < -0.4 is 4.40 Å². The van der Waals surface area contributed by atoms with E-state index in [9.17, 15) is 10.5 Å². The summed E-state index contributed by atoms with van der Waals surface area (Å²) in [6, 6.07) is 5.07. The normalized spacial score (nSPS) is 9.32. The molecule has 0 aliphatic rings. The maximum Gasteiger partial charge on any atom is 4.00 e. The van der Waals surface area contributed by atoms with Gasteiger partial charge in [-0.1, -0.05) is 59.3 Å². The Hall–Kier alpha value is 0.446. The third-order valence-electron chi connectivity index (χ3n) is 2.58. The van der Waals surface area contributed by atoms with Crippen LogP contribution in [-0.4, -0.2) is 34.3 Å². The fourth-order valence-corrected chi connectivity index (χ4v) is 2.29. The van der Waals surface area contributed by atoms with Gasteiger partial charge in [-0.05, 0) is 0 Å². The van der Waals surface area contributed by atoms with E-state index in [4.69, 9.17) is 17.2 Å². The maximum absolute atomic E-state index is 11.8. The van der Waals surface area contributed by atoms with Crippen molar-refractivity contribution in [2.75, 3.05) is 19.6 Å². The molecule has 0 aromatic heterocycles. The predicted octanol–water partition coefficient (Wildman–Crippen LogP) is 6.97. The Kier molecular flexibility index (Phi) is 35.3. The van der Waals surface area contributed by atoms with Crippen molar-refractivity contribution < 1.29 is 36.7 Å². The van der Waals surface area contributed by atoms with Gasteiger partial charge in [0.2, 0.25) is 0 Å². The van der Waals surface area contributed by atoms with Crippen LogP contribution in [0, 0.1) is 0 Å². The van der Waals surface area contributed by atoms with E-state index in [0.717, 1.165) is 50.7 Å². The monoisotopic (exact) mass is 501 g/mol. The van der Waals surface area contributed by atoms with Gasteiger partial charge < -0.3 is 17.2 Å². The van der Waals surface area contributed by atoms with Gasteiger partial charge in [-0.2, -0.15) is 19.6 Å². The molecule has 0 bridgehead atoms. The summed E-state index contributed by atoms with van der Waals surface area (Å²) < 4.78 is 35.0. The van der Waals surface area contributed by atoms with Gasteiger partial charge in [-0.3, -0.25) is 0 Å². The fourth-order valence-electron chi connectivity index (χ4n) is 1.09. The molecule has 0 spiro atoms. The first-order chi connectivity index (χ1) is 11.3. The minimum absolute atomic E-state index is 0. The standard InChI is InChI=1S/C5H4F3Ge.3C4H10N.Zr/c6-9(7,8)5-3-1-2-4-5;3*1-2-3-4-5;/h1-4H;3*5H,2-4H2,1H3;/q4*-1;+4. The van der Waals surface area contributed by atoms with Crippen LogP contribution in [0.5, 0.6) is 0 Å². The second-order valence-electron chi connectivity index (χ2n) is 4.98. The number of halogens is 3. The quantitative estimate of drug-likeness (QED) is 0.286. The largest absolute Gasteiger partial charge is 4.00 e. The van der Waals surface area contributed by atoms with Crippen molar-refractivity contribution >= 4 is 19.1 Å². The van der Waals surface area contributed by atoms with E-state index in [1.807, 2.05) is 0 Å². The minimum Gasteiger partial charge on any atom is 4.00 e. The van der Waals surface area contributed by atoms with Gasteiger partial charge in [0.1, 0.15) is 0 Å². The Bertz CT molecular complexity index is 290. The zero-order valence-corrected chi connectivity index (χ0v) is 20.4. The van der Waals surface area contributed by atoms with Crippen LogP contribution in [0.1, 0.15) is 59.3 Å². The SMILES string of the molecule is CCCC[NH-].CCCC[NH-].CCCC[NH-].[F][Ge]([F])([F])[c-]1cccc1.[Zr+4]. The maximum atomic E-state index is 11.8. The molecule has 0 aliphatic heterocycles. The third-order valence-corrected chi connectivity index (χ3v) is 4.65. The van der Waals surface area contributed by atoms with Gasteiger partial charge in [0.15, 0.2) is 0 Å². The van der Waals surface area contributed by atoms with E-state index in [0.29, 0.717) is 19.6 Å².